The molecular weight excluding hydrogens is 298 g/mol. The number of hydrogen-bond acceptors (Lipinski definition) is 3. The third-order valence-electron chi connectivity index (χ3n) is 3.79. The van der Waals surface area contributed by atoms with E-state index in [1.165, 1.54) is 10.4 Å². The molecule has 1 aromatic rings. The summed E-state index contributed by atoms with van der Waals surface area (Å²) in [6.07, 6.45) is 1.45. The monoisotopic (exact) mass is 318 g/mol. The van der Waals surface area contributed by atoms with Gasteiger partial charge in [-0.3, -0.25) is 0 Å². The maximum atomic E-state index is 13.1. The molecule has 118 valence electrons. The Kier molecular flexibility index (Phi) is 5.29. The zero-order valence-electron chi connectivity index (χ0n) is 12.0. The molecule has 0 saturated carbocycles. The van der Waals surface area contributed by atoms with E-state index in [1.807, 2.05) is 0 Å². The Bertz CT molecular complexity index is 585. The van der Waals surface area contributed by atoms with Crippen molar-refractivity contribution in [2.45, 2.75) is 32.4 Å². The third-order valence-corrected chi connectivity index (χ3v) is 5.67. The lowest BCUT2D eigenvalue weighted by Gasteiger charge is -2.31. The zero-order valence-corrected chi connectivity index (χ0v) is 12.8. The van der Waals surface area contributed by atoms with Crippen LogP contribution in [0.2, 0.25) is 0 Å². The van der Waals surface area contributed by atoms with Crippen molar-refractivity contribution in [3.05, 3.63) is 35.4 Å². The average Bonchev–Trinajstić information content (AvgIpc) is 2.49. The smallest absolute Gasteiger partial charge is 0.213 e. The van der Waals surface area contributed by atoms with E-state index in [-0.39, 0.29) is 11.8 Å². The van der Waals surface area contributed by atoms with Gasteiger partial charge in [0.15, 0.2) is 11.6 Å². The Labute approximate surface area is 124 Å². The molecule has 0 bridgehead atoms. The van der Waals surface area contributed by atoms with Gasteiger partial charge in [0.1, 0.15) is 0 Å². The highest BCUT2D eigenvalue weighted by atomic mass is 32.2. The molecule has 1 aliphatic heterocycles. The molecule has 4 nitrogen and oxygen atoms in total. The molecule has 1 fully saturated rings. The second-order valence-electron chi connectivity index (χ2n) is 5.20. The zero-order chi connectivity index (χ0) is 15.5. The van der Waals surface area contributed by atoms with Crippen molar-refractivity contribution in [3.63, 3.8) is 0 Å². The number of halogens is 2. The van der Waals surface area contributed by atoms with Gasteiger partial charge in [-0.25, -0.2) is 21.5 Å². The Morgan fingerprint density at radius 1 is 1.24 bits per heavy atom. The summed E-state index contributed by atoms with van der Waals surface area (Å²) in [6.45, 7) is 3.10. The fraction of sp³-hybridized carbons (Fsp3) is 0.571. The SMILES string of the molecule is CCS(=O)(=O)N1CCC(NCc2ccc(F)c(F)c2)CC1. The maximum absolute atomic E-state index is 13.1. The molecule has 21 heavy (non-hydrogen) atoms. The largest absolute Gasteiger partial charge is 0.310 e. The summed E-state index contributed by atoms with van der Waals surface area (Å²) in [4.78, 5) is 0. The molecule has 0 atom stereocenters. The standard InChI is InChI=1S/C14H20F2N2O2S/c1-2-21(19,20)18-7-5-12(6-8-18)17-10-11-3-4-13(15)14(16)9-11/h3-4,9,12,17H,2,5-8,10H2,1H3. The van der Waals surface area contributed by atoms with Crippen LogP contribution in [-0.2, 0) is 16.6 Å². The number of nitrogens with one attached hydrogen (secondary N) is 1. The first-order chi connectivity index (χ1) is 9.92. The van der Waals surface area contributed by atoms with Gasteiger partial charge in [-0.1, -0.05) is 6.07 Å². The van der Waals surface area contributed by atoms with Gasteiger partial charge < -0.3 is 5.32 Å². The van der Waals surface area contributed by atoms with Crippen LogP contribution in [-0.4, -0.2) is 37.6 Å². The highest BCUT2D eigenvalue weighted by Crippen LogP contribution is 2.15. The summed E-state index contributed by atoms with van der Waals surface area (Å²) in [6, 6.07) is 4.03. The Morgan fingerprint density at radius 3 is 2.48 bits per heavy atom. The molecule has 2 rings (SSSR count). The van der Waals surface area contributed by atoms with Crippen LogP contribution in [0.25, 0.3) is 0 Å². The first-order valence-corrected chi connectivity index (χ1v) is 8.68. The van der Waals surface area contributed by atoms with Crippen molar-refractivity contribution in [1.82, 2.24) is 9.62 Å². The molecule has 7 heteroatoms. The third kappa shape index (κ3) is 4.21. The van der Waals surface area contributed by atoms with Crippen LogP contribution in [0.5, 0.6) is 0 Å². The summed E-state index contributed by atoms with van der Waals surface area (Å²) >= 11 is 0. The van der Waals surface area contributed by atoms with E-state index in [0.717, 1.165) is 18.9 Å². The Balaban J connectivity index is 1.82. The molecule has 1 saturated heterocycles. The number of piperidine rings is 1. The molecule has 1 heterocycles. The summed E-state index contributed by atoms with van der Waals surface area (Å²) in [5, 5.41) is 3.26. The van der Waals surface area contributed by atoms with E-state index in [9.17, 15) is 17.2 Å². The van der Waals surface area contributed by atoms with Crippen LogP contribution in [0, 0.1) is 11.6 Å². The molecule has 0 radical (unpaired) electrons. The van der Waals surface area contributed by atoms with Crippen molar-refractivity contribution in [1.29, 1.82) is 0 Å². The van der Waals surface area contributed by atoms with E-state index < -0.39 is 21.7 Å². The molecule has 1 N–H and O–H groups in total. The molecule has 0 amide bonds. The molecule has 0 unspecified atom stereocenters. The highest BCUT2D eigenvalue weighted by molar-refractivity contribution is 7.89. The number of hydrogen-bond donors (Lipinski definition) is 1. The van der Waals surface area contributed by atoms with Gasteiger partial charge in [0, 0.05) is 25.7 Å². The predicted octanol–water partition coefficient (Wildman–Crippen LogP) is 1.87. The van der Waals surface area contributed by atoms with Crippen LogP contribution in [0.1, 0.15) is 25.3 Å². The summed E-state index contributed by atoms with van der Waals surface area (Å²) < 4.78 is 50.9. The number of benzene rings is 1. The van der Waals surface area contributed by atoms with E-state index in [1.54, 1.807) is 13.0 Å². The van der Waals surface area contributed by atoms with E-state index in [0.29, 0.717) is 25.2 Å². The lowest BCUT2D eigenvalue weighted by Crippen LogP contribution is -2.45. The first-order valence-electron chi connectivity index (χ1n) is 7.07. The topological polar surface area (TPSA) is 49.4 Å². The molecule has 0 spiro atoms. The second kappa shape index (κ2) is 6.81. The quantitative estimate of drug-likeness (QED) is 0.902. The van der Waals surface area contributed by atoms with Crippen LogP contribution < -0.4 is 5.32 Å². The van der Waals surface area contributed by atoms with Crippen molar-refractivity contribution in [2.24, 2.45) is 0 Å². The number of rotatable bonds is 5. The highest BCUT2D eigenvalue weighted by Gasteiger charge is 2.26. The summed E-state index contributed by atoms with van der Waals surface area (Å²) in [5.41, 5.74) is 0.678. The van der Waals surface area contributed by atoms with E-state index >= 15 is 0 Å². The van der Waals surface area contributed by atoms with E-state index in [2.05, 4.69) is 5.32 Å². The first kappa shape index (κ1) is 16.3. The van der Waals surface area contributed by atoms with Gasteiger partial charge in [-0.05, 0) is 37.5 Å². The molecular formula is C14H20F2N2O2S. The van der Waals surface area contributed by atoms with Crippen molar-refractivity contribution in [2.75, 3.05) is 18.8 Å². The van der Waals surface area contributed by atoms with Gasteiger partial charge in [0.25, 0.3) is 0 Å². The van der Waals surface area contributed by atoms with Crippen molar-refractivity contribution in [3.8, 4) is 0 Å². The van der Waals surface area contributed by atoms with E-state index in [4.69, 9.17) is 0 Å². The van der Waals surface area contributed by atoms with Crippen LogP contribution in [0.3, 0.4) is 0 Å². The van der Waals surface area contributed by atoms with Gasteiger partial charge in [0.05, 0.1) is 5.75 Å². The molecule has 0 aliphatic carbocycles. The van der Waals surface area contributed by atoms with Gasteiger partial charge in [0.2, 0.25) is 10.0 Å². The number of nitrogens with zero attached hydrogens (tertiary/aromatic N) is 1. The minimum absolute atomic E-state index is 0.125. The molecule has 0 aromatic heterocycles. The lowest BCUT2D eigenvalue weighted by molar-refractivity contribution is 0.289. The summed E-state index contributed by atoms with van der Waals surface area (Å²) in [7, 11) is -3.11. The minimum atomic E-state index is -3.11. The fourth-order valence-corrected chi connectivity index (χ4v) is 3.56. The maximum Gasteiger partial charge on any atom is 0.213 e. The Morgan fingerprint density at radius 2 is 1.90 bits per heavy atom. The lowest BCUT2D eigenvalue weighted by atomic mass is 10.1. The normalized spacial score (nSPS) is 18.0. The number of sulfonamides is 1. The fourth-order valence-electron chi connectivity index (χ4n) is 2.43. The minimum Gasteiger partial charge on any atom is -0.310 e. The summed E-state index contributed by atoms with van der Waals surface area (Å²) in [5.74, 6) is -1.57. The van der Waals surface area contributed by atoms with Crippen LogP contribution in [0.15, 0.2) is 18.2 Å². The molecule has 1 aromatic carbocycles. The van der Waals surface area contributed by atoms with Gasteiger partial charge >= 0.3 is 0 Å². The average molecular weight is 318 g/mol. The molecule has 1 aliphatic rings. The second-order valence-corrected chi connectivity index (χ2v) is 7.46. The van der Waals surface area contributed by atoms with Crippen molar-refractivity contribution >= 4 is 10.0 Å². The van der Waals surface area contributed by atoms with Crippen LogP contribution >= 0.6 is 0 Å². The van der Waals surface area contributed by atoms with Crippen LogP contribution in [0.4, 0.5) is 8.78 Å². The van der Waals surface area contributed by atoms with Gasteiger partial charge in [-0.15, -0.1) is 0 Å². The van der Waals surface area contributed by atoms with Crippen molar-refractivity contribution < 1.29 is 17.2 Å². The predicted molar refractivity (Wildman–Crippen MR) is 77.3 cm³/mol. The van der Waals surface area contributed by atoms with Gasteiger partial charge in [-0.2, -0.15) is 0 Å². The Hall–Kier alpha value is -1.05.